The molecule has 0 aliphatic rings. The van der Waals surface area contributed by atoms with Crippen molar-refractivity contribution >= 4 is 33.6 Å². The molecule has 1 aromatic carbocycles. The molecule has 4 heteroatoms. The fraction of sp³-hybridized carbons (Fsp3) is 0.308. The first-order valence-electron chi connectivity index (χ1n) is 5.49. The summed E-state index contributed by atoms with van der Waals surface area (Å²) in [5, 5.41) is 0.956. The van der Waals surface area contributed by atoms with E-state index in [1.807, 2.05) is 19.1 Å². The Bertz CT molecular complexity index is 601. The lowest BCUT2D eigenvalue weighted by atomic mass is 10.1. The minimum atomic E-state index is -0.319. The molecule has 0 aliphatic heterocycles. The van der Waals surface area contributed by atoms with Gasteiger partial charge in [0, 0.05) is 11.5 Å². The zero-order valence-corrected chi connectivity index (χ0v) is 11.9. The van der Waals surface area contributed by atoms with Crippen LogP contribution < -0.4 is 10.4 Å². The topological polar surface area (TPSA) is 39.4 Å². The van der Waals surface area contributed by atoms with E-state index in [9.17, 15) is 4.79 Å². The van der Waals surface area contributed by atoms with Crippen LogP contribution in [0.4, 0.5) is 0 Å². The molecule has 0 saturated carbocycles. The summed E-state index contributed by atoms with van der Waals surface area (Å²) in [6.45, 7) is 4.62. The van der Waals surface area contributed by atoms with E-state index in [2.05, 4.69) is 29.5 Å². The minimum absolute atomic E-state index is 0.319. The Balaban J connectivity index is 2.62. The van der Waals surface area contributed by atoms with Crippen molar-refractivity contribution < 1.29 is 9.15 Å². The molecule has 1 aromatic heterocycles. The smallest absolute Gasteiger partial charge is 0.336 e. The second-order valence-corrected chi connectivity index (χ2v) is 4.93. The van der Waals surface area contributed by atoms with Crippen LogP contribution in [0.15, 0.2) is 27.4 Å². The van der Waals surface area contributed by atoms with Crippen LogP contribution in [-0.2, 0) is 0 Å². The van der Waals surface area contributed by atoms with E-state index < -0.39 is 0 Å². The maximum absolute atomic E-state index is 11.4. The highest BCUT2D eigenvalue weighted by Gasteiger charge is 2.10. The van der Waals surface area contributed by atoms with Crippen LogP contribution in [0.25, 0.3) is 11.0 Å². The first-order valence-corrected chi connectivity index (χ1v) is 6.57. The number of hydrogen-bond acceptors (Lipinski definition) is 3. The summed E-state index contributed by atoms with van der Waals surface area (Å²) >= 11 is 2.15. The van der Waals surface area contributed by atoms with E-state index in [1.165, 1.54) is 6.07 Å². The van der Waals surface area contributed by atoms with Crippen molar-refractivity contribution in [3.05, 3.63) is 37.8 Å². The zero-order chi connectivity index (χ0) is 12.4. The van der Waals surface area contributed by atoms with Crippen LogP contribution >= 0.6 is 22.6 Å². The molecule has 0 atom stereocenters. The van der Waals surface area contributed by atoms with E-state index >= 15 is 0 Å². The lowest BCUT2D eigenvalue weighted by Crippen LogP contribution is -2.01. The zero-order valence-electron chi connectivity index (χ0n) is 9.75. The third-order valence-corrected chi connectivity index (χ3v) is 3.51. The molecule has 0 unspecified atom stereocenters. The molecule has 0 fully saturated rings. The Kier molecular flexibility index (Phi) is 3.71. The molecule has 0 bridgehead atoms. The molecule has 0 aliphatic carbocycles. The third kappa shape index (κ3) is 2.46. The Labute approximate surface area is 113 Å². The number of rotatable bonds is 3. The average molecular weight is 344 g/mol. The molecule has 2 aromatic rings. The summed E-state index contributed by atoms with van der Waals surface area (Å²) < 4.78 is 11.7. The van der Waals surface area contributed by atoms with Crippen molar-refractivity contribution in [2.75, 3.05) is 6.61 Å². The number of halogens is 1. The number of ether oxygens (including phenoxy) is 1. The summed E-state index contributed by atoms with van der Waals surface area (Å²) in [5.41, 5.74) is 1.22. The fourth-order valence-electron chi connectivity index (χ4n) is 1.66. The number of hydrogen-bond donors (Lipinski definition) is 0. The van der Waals surface area contributed by atoms with Gasteiger partial charge in [-0.3, -0.25) is 0 Å². The molecule has 0 N–H and O–H groups in total. The second kappa shape index (κ2) is 5.08. The number of benzene rings is 1. The van der Waals surface area contributed by atoms with Gasteiger partial charge in [0.1, 0.15) is 5.75 Å². The molecule has 0 spiro atoms. The van der Waals surface area contributed by atoms with Gasteiger partial charge in [-0.05, 0) is 53.6 Å². The van der Waals surface area contributed by atoms with Crippen molar-refractivity contribution in [2.45, 2.75) is 20.3 Å². The molecule has 1 heterocycles. The largest absolute Gasteiger partial charge is 0.492 e. The fourth-order valence-corrected chi connectivity index (χ4v) is 2.39. The van der Waals surface area contributed by atoms with E-state index in [4.69, 9.17) is 9.15 Å². The highest BCUT2D eigenvalue weighted by molar-refractivity contribution is 14.1. The molecular weight excluding hydrogens is 331 g/mol. The van der Waals surface area contributed by atoms with Gasteiger partial charge in [-0.2, -0.15) is 0 Å². The van der Waals surface area contributed by atoms with Gasteiger partial charge < -0.3 is 9.15 Å². The van der Waals surface area contributed by atoms with Crippen LogP contribution in [0.2, 0.25) is 0 Å². The molecule has 0 amide bonds. The van der Waals surface area contributed by atoms with Crippen molar-refractivity contribution in [3.8, 4) is 5.75 Å². The summed E-state index contributed by atoms with van der Waals surface area (Å²) in [5.74, 6) is 0.772. The van der Waals surface area contributed by atoms with Crippen LogP contribution in [0, 0.1) is 10.5 Å². The van der Waals surface area contributed by atoms with Gasteiger partial charge in [-0.25, -0.2) is 4.79 Å². The monoisotopic (exact) mass is 344 g/mol. The van der Waals surface area contributed by atoms with Crippen LogP contribution in [0.3, 0.4) is 0 Å². The average Bonchev–Trinajstić information content (AvgIpc) is 2.29. The summed E-state index contributed by atoms with van der Waals surface area (Å²) in [6, 6.07) is 5.36. The lowest BCUT2D eigenvalue weighted by Gasteiger charge is -2.09. The van der Waals surface area contributed by atoms with Gasteiger partial charge in [0.15, 0.2) is 5.58 Å². The van der Waals surface area contributed by atoms with Crippen molar-refractivity contribution in [1.82, 2.24) is 0 Å². The Hall–Kier alpha value is -1.04. The van der Waals surface area contributed by atoms with Gasteiger partial charge in [0.2, 0.25) is 0 Å². The molecular formula is C13H13IO3. The predicted molar refractivity (Wildman–Crippen MR) is 75.7 cm³/mol. The molecule has 0 radical (unpaired) electrons. The highest BCUT2D eigenvalue weighted by atomic mass is 127. The number of fused-ring (bicyclic) bond motifs is 1. The van der Waals surface area contributed by atoms with Gasteiger partial charge in [-0.1, -0.05) is 6.92 Å². The van der Waals surface area contributed by atoms with E-state index in [1.54, 1.807) is 0 Å². The molecule has 3 nitrogen and oxygen atoms in total. The maximum atomic E-state index is 11.4. The minimum Gasteiger partial charge on any atom is -0.492 e. The molecule has 2 rings (SSSR count). The second-order valence-electron chi connectivity index (χ2n) is 3.85. The molecule has 90 valence electrons. The van der Waals surface area contributed by atoms with E-state index in [0.717, 1.165) is 26.7 Å². The van der Waals surface area contributed by atoms with Crippen molar-refractivity contribution in [3.63, 3.8) is 0 Å². The molecule has 17 heavy (non-hydrogen) atoms. The lowest BCUT2D eigenvalue weighted by molar-refractivity contribution is 0.315. The van der Waals surface area contributed by atoms with Crippen molar-refractivity contribution in [1.29, 1.82) is 0 Å². The maximum Gasteiger partial charge on any atom is 0.336 e. The van der Waals surface area contributed by atoms with Gasteiger partial charge >= 0.3 is 5.63 Å². The summed E-state index contributed by atoms with van der Waals surface area (Å²) in [6.07, 6.45) is 0.950. The first kappa shape index (κ1) is 12.4. The third-order valence-electron chi connectivity index (χ3n) is 2.49. The number of aryl methyl sites for hydroxylation is 1. The van der Waals surface area contributed by atoms with Crippen LogP contribution in [-0.4, -0.2) is 6.61 Å². The van der Waals surface area contributed by atoms with Gasteiger partial charge in [0.05, 0.1) is 10.2 Å². The standard InChI is InChI=1S/C13H13IO3/c1-3-6-16-10-5-4-9-8(2)7-11(15)17-13(9)12(10)14/h4-5,7H,3,6H2,1-2H3. The summed E-state index contributed by atoms with van der Waals surface area (Å²) in [7, 11) is 0. The van der Waals surface area contributed by atoms with Gasteiger partial charge in [0.25, 0.3) is 0 Å². The van der Waals surface area contributed by atoms with Crippen molar-refractivity contribution in [2.24, 2.45) is 0 Å². The quantitative estimate of drug-likeness (QED) is 0.632. The molecule has 0 saturated heterocycles. The normalized spacial score (nSPS) is 10.8. The Morgan fingerprint density at radius 2 is 2.18 bits per heavy atom. The first-order chi connectivity index (χ1) is 8.13. The van der Waals surface area contributed by atoms with Crippen LogP contribution in [0.1, 0.15) is 18.9 Å². The Morgan fingerprint density at radius 1 is 1.41 bits per heavy atom. The van der Waals surface area contributed by atoms with E-state index in [-0.39, 0.29) is 5.63 Å². The highest BCUT2D eigenvalue weighted by Crippen LogP contribution is 2.30. The SMILES string of the molecule is CCCOc1ccc2c(C)cc(=O)oc2c1I. The van der Waals surface area contributed by atoms with Gasteiger partial charge in [-0.15, -0.1) is 0 Å². The van der Waals surface area contributed by atoms with E-state index in [0.29, 0.717) is 12.2 Å². The summed E-state index contributed by atoms with van der Waals surface area (Å²) in [4.78, 5) is 11.4. The predicted octanol–water partition coefficient (Wildman–Crippen LogP) is 3.49. The van der Waals surface area contributed by atoms with Crippen LogP contribution in [0.5, 0.6) is 5.75 Å². The Morgan fingerprint density at radius 3 is 2.88 bits per heavy atom.